The molecule has 96 valence electrons. The fourth-order valence-electron chi connectivity index (χ4n) is 1.92. The Hall–Kier alpha value is -1.39. The zero-order valence-corrected chi connectivity index (χ0v) is 11.3. The van der Waals surface area contributed by atoms with Gasteiger partial charge in [0.2, 0.25) is 0 Å². The van der Waals surface area contributed by atoms with Crippen LogP contribution in [0.1, 0.15) is 17.2 Å². The van der Waals surface area contributed by atoms with E-state index in [9.17, 15) is 4.39 Å². The van der Waals surface area contributed by atoms with Gasteiger partial charge in [0.25, 0.3) is 0 Å². The maximum absolute atomic E-state index is 13.4. The van der Waals surface area contributed by atoms with Gasteiger partial charge in [0.05, 0.1) is 7.11 Å². The van der Waals surface area contributed by atoms with Gasteiger partial charge in [-0.3, -0.25) is 0 Å². The molecule has 1 atom stereocenters. The first-order chi connectivity index (χ1) is 8.74. The molecule has 0 aliphatic rings. The van der Waals surface area contributed by atoms with Crippen molar-refractivity contribution in [2.45, 2.75) is 12.5 Å². The number of nitrogens with one attached hydrogen (secondary N) is 1. The number of hydrogen-bond donors (Lipinski definition) is 1. The Labute approximate surface area is 110 Å². The summed E-state index contributed by atoms with van der Waals surface area (Å²) in [5, 5.41) is 7.45. The molecule has 0 aliphatic carbocycles. The van der Waals surface area contributed by atoms with E-state index in [-0.39, 0.29) is 17.6 Å². The van der Waals surface area contributed by atoms with E-state index in [4.69, 9.17) is 4.74 Å². The van der Waals surface area contributed by atoms with E-state index in [0.717, 1.165) is 12.0 Å². The third kappa shape index (κ3) is 2.89. The molecule has 1 aromatic carbocycles. The van der Waals surface area contributed by atoms with Gasteiger partial charge in [0, 0.05) is 6.04 Å². The number of likely N-dealkylation sites (N-methyl/N-ethyl adjacent to an activating group) is 1. The summed E-state index contributed by atoms with van der Waals surface area (Å²) in [5.41, 5.74) is 2.31. The van der Waals surface area contributed by atoms with Gasteiger partial charge in [-0.25, -0.2) is 4.39 Å². The molecule has 1 aromatic heterocycles. The summed E-state index contributed by atoms with van der Waals surface area (Å²) in [6.07, 6.45) is 0.884. The van der Waals surface area contributed by atoms with Gasteiger partial charge in [-0.15, -0.1) is 0 Å². The lowest BCUT2D eigenvalue weighted by atomic mass is 10.0. The van der Waals surface area contributed by atoms with Crippen LogP contribution in [0.2, 0.25) is 0 Å². The van der Waals surface area contributed by atoms with E-state index < -0.39 is 0 Å². The lowest BCUT2D eigenvalue weighted by molar-refractivity contribution is 0.385. The quantitative estimate of drug-likeness (QED) is 0.894. The number of thiophene rings is 1. The second-order valence-electron chi connectivity index (χ2n) is 4.07. The summed E-state index contributed by atoms with van der Waals surface area (Å²) in [7, 11) is 3.39. The highest BCUT2D eigenvalue weighted by atomic mass is 32.1. The van der Waals surface area contributed by atoms with Crippen molar-refractivity contribution in [1.82, 2.24) is 5.32 Å². The minimum absolute atomic E-state index is 0.161. The lowest BCUT2D eigenvalue weighted by Crippen LogP contribution is -2.18. The molecule has 0 saturated carbocycles. The van der Waals surface area contributed by atoms with Crippen molar-refractivity contribution < 1.29 is 9.13 Å². The Morgan fingerprint density at radius 3 is 2.83 bits per heavy atom. The van der Waals surface area contributed by atoms with Gasteiger partial charge < -0.3 is 10.1 Å². The summed E-state index contributed by atoms with van der Waals surface area (Å²) in [5.74, 6) is -0.0373. The molecule has 0 spiro atoms. The van der Waals surface area contributed by atoms with Crippen LogP contribution in [0.4, 0.5) is 4.39 Å². The van der Waals surface area contributed by atoms with Crippen LogP contribution in [0.5, 0.6) is 5.75 Å². The number of hydrogen-bond acceptors (Lipinski definition) is 3. The van der Waals surface area contributed by atoms with E-state index in [1.807, 2.05) is 7.05 Å². The third-order valence-electron chi connectivity index (χ3n) is 2.95. The van der Waals surface area contributed by atoms with Gasteiger partial charge in [-0.1, -0.05) is 6.07 Å². The fraction of sp³-hybridized carbons (Fsp3) is 0.286. The number of ether oxygens (including phenoxy) is 1. The number of methoxy groups -OCH3 is 1. The first kappa shape index (κ1) is 13.1. The Morgan fingerprint density at radius 2 is 2.22 bits per heavy atom. The molecule has 1 N–H and O–H groups in total. The van der Waals surface area contributed by atoms with Crippen LogP contribution < -0.4 is 10.1 Å². The highest BCUT2D eigenvalue weighted by Gasteiger charge is 2.13. The molecule has 2 rings (SSSR count). The van der Waals surface area contributed by atoms with Crippen LogP contribution in [0.3, 0.4) is 0 Å². The average molecular weight is 265 g/mol. The predicted octanol–water partition coefficient (Wildman–Crippen LogP) is 3.40. The Morgan fingerprint density at radius 1 is 1.39 bits per heavy atom. The van der Waals surface area contributed by atoms with Crippen molar-refractivity contribution >= 4 is 11.3 Å². The maximum Gasteiger partial charge on any atom is 0.165 e. The normalized spacial score (nSPS) is 12.4. The summed E-state index contributed by atoms with van der Waals surface area (Å²) in [6, 6.07) is 7.27. The molecule has 0 aliphatic heterocycles. The molecule has 18 heavy (non-hydrogen) atoms. The SMILES string of the molecule is CNC(Cc1ccsc1)c1ccc(F)c(OC)c1. The van der Waals surface area contributed by atoms with Gasteiger partial charge in [0.15, 0.2) is 11.6 Å². The molecule has 2 nitrogen and oxygen atoms in total. The average Bonchev–Trinajstić information content (AvgIpc) is 2.89. The van der Waals surface area contributed by atoms with E-state index in [1.54, 1.807) is 23.5 Å². The van der Waals surface area contributed by atoms with Crippen LogP contribution in [-0.4, -0.2) is 14.2 Å². The van der Waals surface area contributed by atoms with Crippen LogP contribution >= 0.6 is 11.3 Å². The van der Waals surface area contributed by atoms with Crippen molar-refractivity contribution in [1.29, 1.82) is 0 Å². The second-order valence-corrected chi connectivity index (χ2v) is 4.85. The van der Waals surface area contributed by atoms with Crippen LogP contribution in [0.15, 0.2) is 35.0 Å². The van der Waals surface area contributed by atoms with Crippen LogP contribution in [0, 0.1) is 5.82 Å². The molecular weight excluding hydrogens is 249 g/mol. The zero-order valence-electron chi connectivity index (χ0n) is 10.4. The van der Waals surface area contributed by atoms with E-state index in [0.29, 0.717) is 0 Å². The van der Waals surface area contributed by atoms with Crippen molar-refractivity contribution in [3.05, 3.63) is 52.0 Å². The molecule has 0 fully saturated rings. The molecule has 4 heteroatoms. The topological polar surface area (TPSA) is 21.3 Å². The van der Waals surface area contributed by atoms with Gasteiger partial charge in [-0.2, -0.15) is 11.3 Å². The van der Waals surface area contributed by atoms with Crippen molar-refractivity contribution in [2.75, 3.05) is 14.2 Å². The highest BCUT2D eigenvalue weighted by Crippen LogP contribution is 2.25. The first-order valence-corrected chi connectivity index (χ1v) is 6.70. The van der Waals surface area contributed by atoms with E-state index >= 15 is 0 Å². The largest absolute Gasteiger partial charge is 0.494 e. The minimum atomic E-state index is -0.327. The Balaban J connectivity index is 2.21. The van der Waals surface area contributed by atoms with Gasteiger partial charge in [0.1, 0.15) is 0 Å². The molecule has 0 radical (unpaired) electrons. The number of rotatable bonds is 5. The molecular formula is C14H16FNOS. The van der Waals surface area contributed by atoms with Crippen LogP contribution in [0.25, 0.3) is 0 Å². The standard InChI is InChI=1S/C14H16FNOS/c1-16-13(7-10-5-6-18-9-10)11-3-4-12(15)14(8-11)17-2/h3-6,8-9,13,16H,7H2,1-2H3. The molecule has 1 unspecified atom stereocenters. The Kier molecular flexibility index (Phi) is 4.33. The Bertz CT molecular complexity index is 499. The summed E-state index contributed by atoms with van der Waals surface area (Å²) < 4.78 is 18.4. The fourth-order valence-corrected chi connectivity index (χ4v) is 2.61. The summed E-state index contributed by atoms with van der Waals surface area (Å²) in [6.45, 7) is 0. The minimum Gasteiger partial charge on any atom is -0.494 e. The van der Waals surface area contributed by atoms with Crippen LogP contribution in [-0.2, 0) is 6.42 Å². The molecule has 0 amide bonds. The zero-order chi connectivity index (χ0) is 13.0. The van der Waals surface area contributed by atoms with E-state index in [1.165, 1.54) is 18.7 Å². The van der Waals surface area contributed by atoms with Crippen molar-refractivity contribution in [3.63, 3.8) is 0 Å². The predicted molar refractivity (Wildman–Crippen MR) is 72.8 cm³/mol. The summed E-state index contributed by atoms with van der Waals surface area (Å²) in [4.78, 5) is 0. The molecule has 0 saturated heterocycles. The van der Waals surface area contributed by atoms with Gasteiger partial charge in [-0.05, 0) is 53.6 Å². The van der Waals surface area contributed by atoms with E-state index in [2.05, 4.69) is 22.1 Å². The molecule has 2 aromatic rings. The second kappa shape index (κ2) is 5.98. The van der Waals surface area contributed by atoms with Gasteiger partial charge >= 0.3 is 0 Å². The first-order valence-electron chi connectivity index (χ1n) is 5.76. The maximum atomic E-state index is 13.4. The monoisotopic (exact) mass is 265 g/mol. The summed E-state index contributed by atoms with van der Waals surface area (Å²) >= 11 is 1.68. The lowest BCUT2D eigenvalue weighted by Gasteiger charge is -2.17. The molecule has 0 bridgehead atoms. The highest BCUT2D eigenvalue weighted by molar-refractivity contribution is 7.07. The smallest absolute Gasteiger partial charge is 0.165 e. The molecule has 1 heterocycles. The van der Waals surface area contributed by atoms with Crippen molar-refractivity contribution in [2.24, 2.45) is 0 Å². The number of benzene rings is 1. The number of halogens is 1. The third-order valence-corrected chi connectivity index (χ3v) is 3.68. The van der Waals surface area contributed by atoms with Crippen molar-refractivity contribution in [3.8, 4) is 5.75 Å².